The van der Waals surface area contributed by atoms with Gasteiger partial charge in [0.1, 0.15) is 5.90 Å². The molecule has 1 atom stereocenters. The van der Waals surface area contributed by atoms with Gasteiger partial charge in [-0.05, 0) is 33.6 Å². The van der Waals surface area contributed by atoms with Gasteiger partial charge in [0.15, 0.2) is 0 Å². The molecule has 0 radical (unpaired) electrons. The van der Waals surface area contributed by atoms with Crippen molar-refractivity contribution in [3.05, 3.63) is 0 Å². The van der Waals surface area contributed by atoms with Gasteiger partial charge in [-0.2, -0.15) is 8.42 Å². The molecule has 1 unspecified atom stereocenters. The maximum atomic E-state index is 12.8. The lowest BCUT2D eigenvalue weighted by atomic mass is 10.4. The summed E-state index contributed by atoms with van der Waals surface area (Å²) in [6, 6.07) is 0. The third-order valence-electron chi connectivity index (χ3n) is 2.60. The summed E-state index contributed by atoms with van der Waals surface area (Å²) in [5.41, 5.74) is 0. The van der Waals surface area contributed by atoms with Crippen LogP contribution in [0.1, 0.15) is 33.6 Å². The molecule has 0 spiro atoms. The molecular weight excluding hydrogens is 366 g/mol. The van der Waals surface area contributed by atoms with Crippen LogP contribution in [0.2, 0.25) is 0 Å². The highest BCUT2D eigenvalue weighted by atomic mass is 32.2. The van der Waals surface area contributed by atoms with Gasteiger partial charge in [-0.3, -0.25) is 13.3 Å². The lowest BCUT2D eigenvalue weighted by Crippen LogP contribution is -2.08. The van der Waals surface area contributed by atoms with Crippen LogP contribution < -0.4 is 0 Å². The maximum absolute atomic E-state index is 12.8. The predicted molar refractivity (Wildman–Crippen MR) is 89.9 cm³/mol. The Balaban J connectivity index is 4.65. The molecule has 0 saturated heterocycles. The fourth-order valence-electron chi connectivity index (χ4n) is 1.85. The van der Waals surface area contributed by atoms with Crippen molar-refractivity contribution in [2.75, 3.05) is 44.7 Å². The summed E-state index contributed by atoms with van der Waals surface area (Å²) in [6.07, 6.45) is 1.96. The Hall–Kier alpha value is 0.250. The van der Waals surface area contributed by atoms with Crippen molar-refractivity contribution in [2.45, 2.75) is 33.6 Å². The van der Waals surface area contributed by atoms with E-state index < -0.39 is 25.1 Å². The number of hydrogen-bond acceptors (Lipinski definition) is 8. The van der Waals surface area contributed by atoms with Crippen molar-refractivity contribution < 1.29 is 35.3 Å². The van der Waals surface area contributed by atoms with E-state index in [0.29, 0.717) is 12.8 Å². The highest BCUT2D eigenvalue weighted by Gasteiger charge is 2.36. The number of unbranched alkanes of at least 4 members (excludes halogenated alkanes) is 1. The lowest BCUT2D eigenvalue weighted by Gasteiger charge is -2.23. The Morgan fingerprint density at radius 3 is 1.83 bits per heavy atom. The first kappa shape index (κ1) is 23.2. The van der Waals surface area contributed by atoms with Gasteiger partial charge in [0.05, 0.1) is 32.7 Å². The molecule has 0 fully saturated rings. The molecule has 0 aromatic rings. The first-order valence-electron chi connectivity index (χ1n) is 7.55. The monoisotopic (exact) mass is 394 g/mol. The largest absolute Gasteiger partial charge is 0.340 e. The van der Waals surface area contributed by atoms with Gasteiger partial charge < -0.3 is 13.6 Å². The van der Waals surface area contributed by atoms with Crippen LogP contribution in [0.4, 0.5) is 0 Å². The van der Waals surface area contributed by atoms with Crippen LogP contribution >= 0.6 is 15.0 Å². The Bertz CT molecular complexity index is 509. The Kier molecular flexibility index (Phi) is 11.1. The molecule has 0 bridgehead atoms. The van der Waals surface area contributed by atoms with Crippen molar-refractivity contribution in [3.8, 4) is 0 Å². The summed E-state index contributed by atoms with van der Waals surface area (Å²) in [5.74, 6) is -0.275. The molecule has 0 aliphatic heterocycles. The smallest absolute Gasteiger partial charge is 0.328 e. The third kappa shape index (κ3) is 11.4. The molecule has 140 valence electrons. The summed E-state index contributed by atoms with van der Waals surface area (Å²) in [5, 5.41) is 0. The molecule has 0 N–H and O–H groups in total. The van der Waals surface area contributed by atoms with Crippen molar-refractivity contribution in [1.82, 2.24) is 0 Å². The van der Waals surface area contributed by atoms with Gasteiger partial charge in [0.25, 0.3) is 10.1 Å². The number of rotatable bonds is 14. The Morgan fingerprint density at radius 2 is 1.39 bits per heavy atom. The van der Waals surface area contributed by atoms with E-state index in [1.807, 2.05) is 0 Å². The maximum Gasteiger partial charge on any atom is 0.340 e. The van der Waals surface area contributed by atoms with Crippen LogP contribution in [0, 0.1) is 0 Å². The fraction of sp³-hybridized carbons (Fsp3) is 1.00. The van der Waals surface area contributed by atoms with Crippen LogP contribution in [0.3, 0.4) is 0 Å². The minimum absolute atomic E-state index is 0.0134. The van der Waals surface area contributed by atoms with Gasteiger partial charge in [0.2, 0.25) is 7.37 Å². The van der Waals surface area contributed by atoms with Gasteiger partial charge in [-0.1, -0.05) is 0 Å². The van der Waals surface area contributed by atoms with Crippen LogP contribution in [-0.2, 0) is 37.0 Å². The minimum Gasteiger partial charge on any atom is -0.328 e. The Morgan fingerprint density at radius 1 is 0.870 bits per heavy atom. The fourth-order valence-corrected chi connectivity index (χ4v) is 8.10. The lowest BCUT2D eigenvalue weighted by molar-refractivity contribution is 0.222. The summed E-state index contributed by atoms with van der Waals surface area (Å²) in [7, 11) is -10.1. The average molecular weight is 394 g/mol. The van der Waals surface area contributed by atoms with Crippen molar-refractivity contribution in [2.24, 2.45) is 0 Å². The predicted octanol–water partition coefficient (Wildman–Crippen LogP) is 3.28. The van der Waals surface area contributed by atoms with E-state index in [1.165, 1.54) is 0 Å². The second-order valence-corrected chi connectivity index (χ2v) is 11.6. The van der Waals surface area contributed by atoms with Crippen molar-refractivity contribution >= 4 is 25.1 Å². The molecule has 11 heteroatoms. The highest BCUT2D eigenvalue weighted by molar-refractivity contribution is 7.86. The summed E-state index contributed by atoms with van der Waals surface area (Å²) in [4.78, 5) is 0. The van der Waals surface area contributed by atoms with E-state index in [9.17, 15) is 17.5 Å². The van der Waals surface area contributed by atoms with E-state index in [2.05, 4.69) is 4.18 Å². The number of hydrogen-bond donors (Lipinski definition) is 0. The molecule has 0 saturated carbocycles. The first-order chi connectivity index (χ1) is 10.6. The zero-order valence-electron chi connectivity index (χ0n) is 14.2. The van der Waals surface area contributed by atoms with Crippen molar-refractivity contribution in [3.63, 3.8) is 0 Å². The second kappa shape index (κ2) is 11.0. The molecule has 0 amide bonds. The highest BCUT2D eigenvalue weighted by Crippen LogP contribution is 2.63. The zero-order valence-corrected chi connectivity index (χ0v) is 16.8. The molecule has 0 aromatic heterocycles. The Labute approximate surface area is 139 Å². The van der Waals surface area contributed by atoms with Gasteiger partial charge in [-0.25, -0.2) is 0 Å². The van der Waals surface area contributed by atoms with E-state index in [0.717, 1.165) is 6.26 Å². The normalized spacial score (nSPS) is 15.5. The van der Waals surface area contributed by atoms with Crippen LogP contribution in [0.25, 0.3) is 0 Å². The molecule has 23 heavy (non-hydrogen) atoms. The minimum atomic E-state index is -3.48. The topological polar surface area (TPSA) is 105 Å². The standard InChI is InChI=1S/C12H28O8P2S/c1-5-17-21(13,11-9-8-10-20-23(4,15)16)12-22(14,18-6-2)19-7-3/h5-12H2,1-4H3. The van der Waals surface area contributed by atoms with E-state index in [4.69, 9.17) is 13.6 Å². The molecule has 0 aliphatic carbocycles. The summed E-state index contributed by atoms with van der Waals surface area (Å²) < 4.78 is 67.3. The van der Waals surface area contributed by atoms with Crippen LogP contribution in [0.5, 0.6) is 0 Å². The van der Waals surface area contributed by atoms with E-state index in [1.54, 1.807) is 20.8 Å². The van der Waals surface area contributed by atoms with Gasteiger partial charge in [-0.15, -0.1) is 0 Å². The summed E-state index contributed by atoms with van der Waals surface area (Å²) in [6.45, 7) is 5.66. The first-order valence-corrected chi connectivity index (χ1v) is 13.1. The SMILES string of the molecule is CCOP(=O)(CCCCOS(C)(=O)=O)CP(=O)(OCC)OCC. The molecule has 0 aromatic carbocycles. The summed E-state index contributed by atoms with van der Waals surface area (Å²) >= 11 is 0. The molecule has 0 heterocycles. The average Bonchev–Trinajstić information content (AvgIpc) is 2.37. The second-order valence-electron chi connectivity index (χ2n) is 4.78. The zero-order chi connectivity index (χ0) is 18.0. The molecule has 0 aliphatic rings. The third-order valence-corrected chi connectivity index (χ3v) is 9.33. The van der Waals surface area contributed by atoms with Crippen LogP contribution in [-0.4, -0.2) is 53.2 Å². The van der Waals surface area contributed by atoms with Gasteiger partial charge in [0, 0.05) is 6.16 Å². The quantitative estimate of drug-likeness (QED) is 0.251. The molecule has 0 rings (SSSR count). The van der Waals surface area contributed by atoms with Crippen LogP contribution in [0.15, 0.2) is 0 Å². The van der Waals surface area contributed by atoms with Gasteiger partial charge >= 0.3 is 7.60 Å². The van der Waals surface area contributed by atoms with E-state index >= 15 is 0 Å². The molecule has 8 nitrogen and oxygen atoms in total. The van der Waals surface area contributed by atoms with Crippen molar-refractivity contribution in [1.29, 1.82) is 0 Å². The molecular formula is C12H28O8P2S. The van der Waals surface area contributed by atoms with E-state index in [-0.39, 0.29) is 38.5 Å².